The van der Waals surface area contributed by atoms with Crippen LogP contribution in [-0.2, 0) is 0 Å². The van der Waals surface area contributed by atoms with Gasteiger partial charge in [0.2, 0.25) is 0 Å². The highest BCUT2D eigenvalue weighted by Gasteiger charge is 2.14. The highest BCUT2D eigenvalue weighted by molar-refractivity contribution is 9.10. The van der Waals surface area contributed by atoms with Crippen molar-refractivity contribution in [3.63, 3.8) is 0 Å². The quantitative estimate of drug-likeness (QED) is 0.217. The molecule has 0 radical (unpaired) electrons. The summed E-state index contributed by atoms with van der Waals surface area (Å²) in [6, 6.07) is 23.5. The molecule has 0 amide bonds. The number of anilines is 1. The number of nitrogens with zero attached hydrogens (tertiary/aromatic N) is 2. The smallest absolute Gasteiger partial charge is 0.345 e. The third-order valence-electron chi connectivity index (χ3n) is 4.96. The molecule has 7 heteroatoms. The van der Waals surface area contributed by atoms with E-state index in [2.05, 4.69) is 38.4 Å². The number of fused-ring (bicyclic) bond motifs is 2. The average molecular weight is 500 g/mol. The van der Waals surface area contributed by atoms with Crippen LogP contribution in [0.3, 0.4) is 0 Å². The lowest BCUT2D eigenvalue weighted by molar-refractivity contribution is 0.563. The van der Waals surface area contributed by atoms with E-state index in [1.807, 2.05) is 48.5 Å². The minimum absolute atomic E-state index is 0.359. The molecule has 0 spiro atoms. The third-order valence-corrected chi connectivity index (χ3v) is 6.33. The Kier molecular flexibility index (Phi) is 5.31. The summed E-state index contributed by atoms with van der Waals surface area (Å²) in [5.74, 6) is 0. The normalized spacial score (nSPS) is 11.6. The summed E-state index contributed by atoms with van der Waals surface area (Å²) in [4.78, 5) is 17.0. The van der Waals surface area contributed by atoms with Gasteiger partial charge in [-0.2, -0.15) is 5.26 Å². The standard InChI is InChI=1S/C25H14BrN3O2S/c26-19-6-8-23-17(9-19)11-21(25(30)31-23)22-14-32-24(29-22)18(12-27)13-28-20-7-5-15-3-1-2-4-16(15)10-20/h1-11,13-14,28H/b18-13+. The number of allylic oxidation sites excluding steroid dienone is 1. The topological polar surface area (TPSA) is 78.9 Å². The first-order chi connectivity index (χ1) is 15.6. The van der Waals surface area contributed by atoms with Crippen LogP contribution in [0.5, 0.6) is 0 Å². The van der Waals surface area contributed by atoms with Gasteiger partial charge in [-0.15, -0.1) is 11.3 Å². The SMILES string of the molecule is N#C/C(=C\Nc1ccc2ccccc2c1)c1nc(-c2cc3cc(Br)ccc3oc2=O)cs1. The summed E-state index contributed by atoms with van der Waals surface area (Å²) < 4.78 is 6.32. The van der Waals surface area contributed by atoms with Crippen LogP contribution in [0.15, 0.2) is 92.0 Å². The van der Waals surface area contributed by atoms with Gasteiger partial charge < -0.3 is 9.73 Å². The summed E-state index contributed by atoms with van der Waals surface area (Å²) in [5, 5.41) is 18.1. The lowest BCUT2D eigenvalue weighted by atomic mass is 10.1. The van der Waals surface area contributed by atoms with Gasteiger partial charge in [0.05, 0.1) is 11.3 Å². The predicted molar refractivity (Wildman–Crippen MR) is 132 cm³/mol. The Morgan fingerprint density at radius 2 is 1.91 bits per heavy atom. The molecule has 5 aromatic rings. The maximum Gasteiger partial charge on any atom is 0.345 e. The number of aromatic nitrogens is 1. The van der Waals surface area contributed by atoms with E-state index in [0.29, 0.717) is 27.4 Å². The Morgan fingerprint density at radius 1 is 1.06 bits per heavy atom. The van der Waals surface area contributed by atoms with Crippen LogP contribution in [0.4, 0.5) is 5.69 Å². The lowest BCUT2D eigenvalue weighted by Crippen LogP contribution is -2.03. The van der Waals surface area contributed by atoms with E-state index in [0.717, 1.165) is 26.3 Å². The Labute approximate surface area is 195 Å². The van der Waals surface area contributed by atoms with E-state index >= 15 is 0 Å². The van der Waals surface area contributed by atoms with E-state index in [4.69, 9.17) is 4.42 Å². The number of nitrogens with one attached hydrogen (secondary N) is 1. The van der Waals surface area contributed by atoms with Crippen molar-refractivity contribution < 1.29 is 4.42 Å². The van der Waals surface area contributed by atoms with Gasteiger partial charge in [0.15, 0.2) is 0 Å². The Bertz CT molecular complexity index is 1610. The number of benzene rings is 3. The number of nitriles is 1. The highest BCUT2D eigenvalue weighted by Crippen LogP contribution is 2.28. The molecule has 0 atom stereocenters. The number of rotatable bonds is 4. The molecule has 0 aliphatic rings. The zero-order valence-electron chi connectivity index (χ0n) is 16.5. The van der Waals surface area contributed by atoms with Crippen molar-refractivity contribution in [1.29, 1.82) is 5.26 Å². The first kappa shape index (κ1) is 20.2. The van der Waals surface area contributed by atoms with E-state index in [1.165, 1.54) is 11.3 Å². The average Bonchev–Trinajstić information content (AvgIpc) is 3.29. The summed E-state index contributed by atoms with van der Waals surface area (Å²) in [5.41, 5.74) is 2.13. The van der Waals surface area contributed by atoms with Crippen molar-refractivity contribution in [1.82, 2.24) is 4.98 Å². The molecule has 3 aromatic carbocycles. The molecule has 5 nitrogen and oxygen atoms in total. The van der Waals surface area contributed by atoms with E-state index in [-0.39, 0.29) is 0 Å². The number of thiazole rings is 1. The molecule has 0 aliphatic heterocycles. The molecule has 2 heterocycles. The van der Waals surface area contributed by atoms with Crippen LogP contribution in [-0.4, -0.2) is 4.98 Å². The number of halogens is 1. The largest absolute Gasteiger partial charge is 0.422 e. The second kappa shape index (κ2) is 8.42. The fraction of sp³-hybridized carbons (Fsp3) is 0. The maximum atomic E-state index is 12.5. The molecule has 0 bridgehead atoms. The van der Waals surface area contributed by atoms with Crippen LogP contribution < -0.4 is 10.9 Å². The zero-order chi connectivity index (χ0) is 22.1. The monoisotopic (exact) mass is 499 g/mol. The molecular weight excluding hydrogens is 486 g/mol. The van der Waals surface area contributed by atoms with Crippen molar-refractivity contribution in [2.24, 2.45) is 0 Å². The van der Waals surface area contributed by atoms with Crippen LogP contribution >= 0.6 is 27.3 Å². The zero-order valence-corrected chi connectivity index (χ0v) is 18.9. The molecule has 154 valence electrons. The predicted octanol–water partition coefficient (Wildman–Crippen LogP) is 6.81. The highest BCUT2D eigenvalue weighted by atomic mass is 79.9. The van der Waals surface area contributed by atoms with Gasteiger partial charge >= 0.3 is 5.63 Å². The van der Waals surface area contributed by atoms with Gasteiger partial charge in [-0.05, 0) is 47.2 Å². The van der Waals surface area contributed by atoms with Crippen molar-refractivity contribution in [3.8, 4) is 17.3 Å². The molecule has 0 fully saturated rings. The van der Waals surface area contributed by atoms with Crippen molar-refractivity contribution in [3.05, 3.63) is 98.2 Å². The summed E-state index contributed by atoms with van der Waals surface area (Å²) in [6.07, 6.45) is 1.63. The van der Waals surface area contributed by atoms with Gasteiger partial charge in [0.25, 0.3) is 0 Å². The van der Waals surface area contributed by atoms with Gasteiger partial charge in [-0.25, -0.2) is 9.78 Å². The molecule has 0 saturated carbocycles. The second-order valence-electron chi connectivity index (χ2n) is 7.04. The van der Waals surface area contributed by atoms with Crippen molar-refractivity contribution in [2.45, 2.75) is 0 Å². The molecule has 32 heavy (non-hydrogen) atoms. The van der Waals surface area contributed by atoms with Gasteiger partial charge in [0.1, 0.15) is 22.2 Å². The first-order valence-corrected chi connectivity index (χ1v) is 11.3. The molecular formula is C25H14BrN3O2S. The number of hydrogen-bond donors (Lipinski definition) is 1. The molecule has 0 unspecified atom stereocenters. The lowest BCUT2D eigenvalue weighted by Gasteiger charge is -2.04. The van der Waals surface area contributed by atoms with E-state index in [9.17, 15) is 10.1 Å². The van der Waals surface area contributed by atoms with Crippen LogP contribution in [0.2, 0.25) is 0 Å². The number of hydrogen-bond acceptors (Lipinski definition) is 6. The molecule has 5 rings (SSSR count). The molecule has 1 N–H and O–H groups in total. The fourth-order valence-electron chi connectivity index (χ4n) is 3.37. The Morgan fingerprint density at radius 3 is 2.75 bits per heavy atom. The van der Waals surface area contributed by atoms with Crippen molar-refractivity contribution >= 4 is 60.3 Å². The molecule has 0 saturated heterocycles. The second-order valence-corrected chi connectivity index (χ2v) is 8.82. The van der Waals surface area contributed by atoms with E-state index in [1.54, 1.807) is 23.7 Å². The van der Waals surface area contributed by atoms with Crippen LogP contribution in [0.25, 0.3) is 38.6 Å². The van der Waals surface area contributed by atoms with Crippen LogP contribution in [0.1, 0.15) is 5.01 Å². The van der Waals surface area contributed by atoms with Gasteiger partial charge in [-0.3, -0.25) is 0 Å². The van der Waals surface area contributed by atoms with Gasteiger partial charge in [0, 0.05) is 27.1 Å². The van der Waals surface area contributed by atoms with Crippen molar-refractivity contribution in [2.75, 3.05) is 5.32 Å². The first-order valence-electron chi connectivity index (χ1n) is 9.66. The maximum absolute atomic E-state index is 12.5. The van der Waals surface area contributed by atoms with Gasteiger partial charge in [-0.1, -0.05) is 46.3 Å². The van der Waals surface area contributed by atoms with Crippen LogP contribution in [0, 0.1) is 11.3 Å². The summed E-state index contributed by atoms with van der Waals surface area (Å²) >= 11 is 4.73. The summed E-state index contributed by atoms with van der Waals surface area (Å²) in [6.45, 7) is 0. The Hall–Kier alpha value is -3.73. The minimum Gasteiger partial charge on any atom is -0.422 e. The fourth-order valence-corrected chi connectivity index (χ4v) is 4.53. The minimum atomic E-state index is -0.464. The Balaban J connectivity index is 1.46. The molecule has 2 aromatic heterocycles. The summed E-state index contributed by atoms with van der Waals surface area (Å²) in [7, 11) is 0. The molecule has 0 aliphatic carbocycles. The van der Waals surface area contributed by atoms with E-state index < -0.39 is 5.63 Å². The third kappa shape index (κ3) is 3.94.